The van der Waals surface area contributed by atoms with Crippen molar-refractivity contribution in [2.75, 3.05) is 7.11 Å². The highest BCUT2D eigenvalue weighted by Crippen LogP contribution is 2.35. The van der Waals surface area contributed by atoms with Crippen molar-refractivity contribution < 1.29 is 4.74 Å². The maximum Gasteiger partial charge on any atom is 0.118 e. The smallest absolute Gasteiger partial charge is 0.118 e. The molecule has 0 aliphatic heterocycles. The number of ether oxygens (including phenoxy) is 1. The number of hydrogen-bond donors (Lipinski definition) is 0. The quantitative estimate of drug-likeness (QED) is 0.554. The van der Waals surface area contributed by atoms with E-state index in [0.29, 0.717) is 0 Å². The molecule has 1 unspecified atom stereocenters. The van der Waals surface area contributed by atoms with Crippen molar-refractivity contribution in [3.63, 3.8) is 0 Å². The van der Waals surface area contributed by atoms with Gasteiger partial charge in [0, 0.05) is 11.1 Å². The minimum absolute atomic E-state index is 0.777. The monoisotopic (exact) mass is 360 g/mol. The fourth-order valence-electron chi connectivity index (χ4n) is 4.25. The third-order valence-corrected chi connectivity index (χ3v) is 6.23. The lowest BCUT2D eigenvalue weighted by Gasteiger charge is -2.32. The van der Waals surface area contributed by atoms with Crippen LogP contribution in [0.5, 0.6) is 5.75 Å². The molecule has 1 nitrogen and oxygen atoms in total. The summed E-state index contributed by atoms with van der Waals surface area (Å²) < 4.78 is 5.18. The molecule has 2 aromatic carbocycles. The van der Waals surface area contributed by atoms with Gasteiger partial charge in [0.1, 0.15) is 5.75 Å². The Balaban J connectivity index is 1.55. The summed E-state index contributed by atoms with van der Waals surface area (Å²) in [7, 11) is 1.68. The van der Waals surface area contributed by atoms with Crippen LogP contribution in [0.25, 0.3) is 0 Å². The Kier molecular flexibility index (Phi) is 6.99. The Morgan fingerprint density at radius 3 is 1.96 bits per heavy atom. The lowest BCUT2D eigenvalue weighted by atomic mass is 9.74. The van der Waals surface area contributed by atoms with Gasteiger partial charge in [-0.15, -0.1) is 0 Å². The fourth-order valence-corrected chi connectivity index (χ4v) is 4.25. The largest absolute Gasteiger partial charge is 0.497 e. The lowest BCUT2D eigenvalue weighted by molar-refractivity contribution is 0.210. The molecule has 0 radical (unpaired) electrons. The first-order chi connectivity index (χ1) is 13.2. The Bertz CT molecular complexity index is 753. The SMILES string of the molecule is CCC1CCC(C(C)Cc2ccc(C#Cc3ccc(OC)cc3)cc2)CC1. The topological polar surface area (TPSA) is 9.23 Å². The number of rotatable bonds is 5. The Morgan fingerprint density at radius 1 is 0.889 bits per heavy atom. The van der Waals surface area contributed by atoms with E-state index >= 15 is 0 Å². The number of methoxy groups -OCH3 is 1. The van der Waals surface area contributed by atoms with Crippen LogP contribution in [-0.2, 0) is 6.42 Å². The zero-order valence-corrected chi connectivity index (χ0v) is 17.0. The maximum atomic E-state index is 5.18. The molecule has 0 heterocycles. The molecule has 1 saturated carbocycles. The first kappa shape index (κ1) is 19.6. The van der Waals surface area contributed by atoms with Crippen LogP contribution in [-0.4, -0.2) is 7.11 Å². The number of hydrogen-bond acceptors (Lipinski definition) is 1. The fraction of sp³-hybridized carbons (Fsp3) is 0.462. The lowest BCUT2D eigenvalue weighted by Crippen LogP contribution is -2.21. The molecule has 0 amide bonds. The minimum atomic E-state index is 0.777. The summed E-state index contributed by atoms with van der Waals surface area (Å²) in [4.78, 5) is 0. The van der Waals surface area contributed by atoms with Crippen molar-refractivity contribution in [1.29, 1.82) is 0 Å². The van der Waals surface area contributed by atoms with E-state index in [9.17, 15) is 0 Å². The highest BCUT2D eigenvalue weighted by molar-refractivity contribution is 5.44. The second-order valence-electron chi connectivity index (χ2n) is 8.05. The van der Waals surface area contributed by atoms with E-state index in [1.165, 1.54) is 44.1 Å². The van der Waals surface area contributed by atoms with Gasteiger partial charge in [-0.3, -0.25) is 0 Å². The molecule has 3 rings (SSSR count). The van der Waals surface area contributed by atoms with Crippen LogP contribution in [0.1, 0.15) is 62.6 Å². The van der Waals surface area contributed by atoms with E-state index in [4.69, 9.17) is 4.74 Å². The summed E-state index contributed by atoms with van der Waals surface area (Å²) >= 11 is 0. The zero-order chi connectivity index (χ0) is 19.1. The minimum Gasteiger partial charge on any atom is -0.497 e. The highest BCUT2D eigenvalue weighted by atomic mass is 16.5. The summed E-state index contributed by atoms with van der Waals surface area (Å²) in [5.74, 6) is 10.0. The molecule has 1 aliphatic carbocycles. The van der Waals surface area contributed by atoms with Crippen molar-refractivity contribution in [3.8, 4) is 17.6 Å². The van der Waals surface area contributed by atoms with Gasteiger partial charge in [-0.05, 0) is 79.0 Å². The summed E-state index contributed by atoms with van der Waals surface area (Å²) in [6.45, 7) is 4.78. The molecule has 1 heteroatoms. The molecule has 2 aromatic rings. The van der Waals surface area contributed by atoms with Crippen LogP contribution in [0.2, 0.25) is 0 Å². The molecule has 1 fully saturated rings. The zero-order valence-electron chi connectivity index (χ0n) is 17.0. The maximum absolute atomic E-state index is 5.18. The second-order valence-corrected chi connectivity index (χ2v) is 8.05. The van der Waals surface area contributed by atoms with Crippen LogP contribution >= 0.6 is 0 Å². The van der Waals surface area contributed by atoms with Crippen LogP contribution in [0, 0.1) is 29.6 Å². The van der Waals surface area contributed by atoms with Gasteiger partial charge in [0.15, 0.2) is 0 Å². The van der Waals surface area contributed by atoms with Gasteiger partial charge in [0.25, 0.3) is 0 Å². The molecule has 0 spiro atoms. The van der Waals surface area contributed by atoms with Crippen LogP contribution in [0.3, 0.4) is 0 Å². The van der Waals surface area contributed by atoms with E-state index < -0.39 is 0 Å². The second kappa shape index (κ2) is 9.65. The summed E-state index contributed by atoms with van der Waals surface area (Å²) in [5, 5.41) is 0. The third-order valence-electron chi connectivity index (χ3n) is 6.23. The average Bonchev–Trinajstić information content (AvgIpc) is 2.73. The Labute approximate surface area is 165 Å². The number of benzene rings is 2. The van der Waals surface area contributed by atoms with Crippen molar-refractivity contribution in [3.05, 3.63) is 65.2 Å². The Hall–Kier alpha value is -2.20. The molecule has 0 bridgehead atoms. The molecule has 0 aromatic heterocycles. The van der Waals surface area contributed by atoms with Crippen molar-refractivity contribution in [2.24, 2.45) is 17.8 Å². The van der Waals surface area contributed by atoms with Crippen molar-refractivity contribution in [2.45, 2.75) is 52.4 Å². The normalized spacial score (nSPS) is 20.4. The first-order valence-electron chi connectivity index (χ1n) is 10.4. The van der Waals surface area contributed by atoms with Crippen molar-refractivity contribution >= 4 is 0 Å². The van der Waals surface area contributed by atoms with Crippen LogP contribution in [0.4, 0.5) is 0 Å². The predicted octanol–water partition coefficient (Wildman–Crippen LogP) is 6.49. The van der Waals surface area contributed by atoms with Crippen molar-refractivity contribution in [1.82, 2.24) is 0 Å². The van der Waals surface area contributed by atoms with E-state index in [-0.39, 0.29) is 0 Å². The third kappa shape index (κ3) is 5.64. The molecule has 27 heavy (non-hydrogen) atoms. The van der Waals surface area contributed by atoms with E-state index in [2.05, 4.69) is 50.0 Å². The van der Waals surface area contributed by atoms with E-state index in [0.717, 1.165) is 34.6 Å². The molecule has 0 N–H and O–H groups in total. The molecular weight excluding hydrogens is 328 g/mol. The summed E-state index contributed by atoms with van der Waals surface area (Å²) in [6.07, 6.45) is 8.26. The van der Waals surface area contributed by atoms with Gasteiger partial charge in [0.2, 0.25) is 0 Å². The average molecular weight is 361 g/mol. The first-order valence-corrected chi connectivity index (χ1v) is 10.4. The molecule has 142 valence electrons. The van der Waals surface area contributed by atoms with Gasteiger partial charge in [-0.2, -0.15) is 0 Å². The summed E-state index contributed by atoms with van der Waals surface area (Å²) in [6, 6.07) is 16.7. The molecule has 1 atom stereocenters. The van der Waals surface area contributed by atoms with Gasteiger partial charge < -0.3 is 4.74 Å². The van der Waals surface area contributed by atoms with E-state index in [1.54, 1.807) is 7.11 Å². The Morgan fingerprint density at radius 2 is 1.44 bits per heavy atom. The van der Waals surface area contributed by atoms with Gasteiger partial charge in [-0.1, -0.05) is 57.1 Å². The standard InChI is InChI=1S/C26H32O/c1-4-21-11-15-25(16-12-21)20(2)19-24-9-7-22(8-10-24)5-6-23-13-17-26(27-3)18-14-23/h7-10,13-14,17-18,20-21,25H,4,11-12,15-16,19H2,1-3H3. The molecular formula is C26H32O. The summed E-state index contributed by atoms with van der Waals surface area (Å²) in [5.41, 5.74) is 3.52. The van der Waals surface area contributed by atoms with Crippen LogP contribution in [0.15, 0.2) is 48.5 Å². The highest BCUT2D eigenvalue weighted by Gasteiger charge is 2.24. The van der Waals surface area contributed by atoms with Gasteiger partial charge >= 0.3 is 0 Å². The molecule has 1 aliphatic rings. The molecule has 0 saturated heterocycles. The van der Waals surface area contributed by atoms with Crippen LogP contribution < -0.4 is 4.74 Å². The van der Waals surface area contributed by atoms with Gasteiger partial charge in [-0.25, -0.2) is 0 Å². The predicted molar refractivity (Wildman–Crippen MR) is 114 cm³/mol. The van der Waals surface area contributed by atoms with Gasteiger partial charge in [0.05, 0.1) is 7.11 Å². The van der Waals surface area contributed by atoms with E-state index in [1.807, 2.05) is 24.3 Å².